The van der Waals surface area contributed by atoms with Crippen LogP contribution in [-0.2, 0) is 4.79 Å². The third-order valence-corrected chi connectivity index (χ3v) is 3.64. The number of amides is 1. The molecule has 1 amide bonds. The highest BCUT2D eigenvalue weighted by atomic mass is 16.2. The maximum Gasteiger partial charge on any atom is 0.223 e. The van der Waals surface area contributed by atoms with E-state index in [2.05, 4.69) is 19.2 Å². The highest BCUT2D eigenvalue weighted by molar-refractivity contribution is 5.77. The van der Waals surface area contributed by atoms with Gasteiger partial charge in [-0.25, -0.2) is 0 Å². The van der Waals surface area contributed by atoms with E-state index in [-0.39, 0.29) is 5.41 Å². The lowest BCUT2D eigenvalue weighted by atomic mass is 9.82. The molecule has 3 nitrogen and oxygen atoms in total. The van der Waals surface area contributed by atoms with Crippen LogP contribution in [0.4, 0.5) is 0 Å². The average Bonchev–Trinajstić information content (AvgIpc) is 2.61. The lowest BCUT2D eigenvalue weighted by Crippen LogP contribution is -2.47. The van der Waals surface area contributed by atoms with Gasteiger partial charge in [-0.3, -0.25) is 4.79 Å². The maximum absolute atomic E-state index is 11.9. The molecule has 2 rings (SSSR count). The van der Waals surface area contributed by atoms with Crippen LogP contribution in [0.1, 0.15) is 39.5 Å². The van der Waals surface area contributed by atoms with Gasteiger partial charge in [0.25, 0.3) is 0 Å². The Bertz CT molecular complexity index is 244. The van der Waals surface area contributed by atoms with Gasteiger partial charge in [0, 0.05) is 25.6 Å². The number of hydrogen-bond donors (Lipinski definition) is 1. The van der Waals surface area contributed by atoms with Crippen molar-refractivity contribution in [3.63, 3.8) is 0 Å². The molecule has 1 unspecified atom stereocenters. The van der Waals surface area contributed by atoms with E-state index in [1.54, 1.807) is 0 Å². The smallest absolute Gasteiger partial charge is 0.223 e. The van der Waals surface area contributed by atoms with Crippen LogP contribution in [0.5, 0.6) is 0 Å². The van der Waals surface area contributed by atoms with Crippen LogP contribution in [0.25, 0.3) is 0 Å². The van der Waals surface area contributed by atoms with Crippen LogP contribution in [0.15, 0.2) is 0 Å². The fourth-order valence-corrected chi connectivity index (χ4v) is 2.54. The minimum atomic E-state index is 0.219. The number of nitrogens with zero attached hydrogens (tertiary/aromatic N) is 1. The minimum Gasteiger partial charge on any atom is -0.341 e. The molecule has 2 aliphatic heterocycles. The third kappa shape index (κ3) is 2.71. The third-order valence-electron chi connectivity index (χ3n) is 3.64. The number of carbonyl (C=O) groups excluding carboxylic acids is 1. The second-order valence-electron chi connectivity index (χ2n) is 5.72. The molecule has 0 aliphatic carbocycles. The van der Waals surface area contributed by atoms with Gasteiger partial charge >= 0.3 is 0 Å². The van der Waals surface area contributed by atoms with Crippen molar-refractivity contribution in [1.29, 1.82) is 0 Å². The summed E-state index contributed by atoms with van der Waals surface area (Å²) in [6, 6.07) is 0.551. The molecular weight excluding hydrogens is 188 g/mol. The van der Waals surface area contributed by atoms with Crippen LogP contribution in [-0.4, -0.2) is 36.5 Å². The van der Waals surface area contributed by atoms with Crippen LogP contribution >= 0.6 is 0 Å². The van der Waals surface area contributed by atoms with E-state index in [1.807, 2.05) is 4.90 Å². The molecule has 2 fully saturated rings. The van der Waals surface area contributed by atoms with Crippen LogP contribution in [0, 0.1) is 5.41 Å². The van der Waals surface area contributed by atoms with E-state index in [0.717, 1.165) is 32.5 Å². The zero-order valence-electron chi connectivity index (χ0n) is 9.88. The topological polar surface area (TPSA) is 32.3 Å². The second kappa shape index (κ2) is 4.12. The summed E-state index contributed by atoms with van der Waals surface area (Å²) >= 11 is 0. The molecule has 1 N–H and O–H groups in total. The summed E-state index contributed by atoms with van der Waals surface area (Å²) in [5.74, 6) is 0.347. The van der Waals surface area contributed by atoms with Gasteiger partial charge in [-0.2, -0.15) is 0 Å². The first kappa shape index (κ1) is 10.9. The average molecular weight is 210 g/mol. The normalized spacial score (nSPS) is 30.9. The van der Waals surface area contributed by atoms with Gasteiger partial charge in [-0.15, -0.1) is 0 Å². The summed E-state index contributed by atoms with van der Waals surface area (Å²) in [7, 11) is 0. The molecule has 0 saturated carbocycles. The van der Waals surface area contributed by atoms with Crippen molar-refractivity contribution in [2.75, 3.05) is 19.6 Å². The van der Waals surface area contributed by atoms with E-state index in [0.29, 0.717) is 11.9 Å². The highest BCUT2D eigenvalue weighted by Crippen LogP contribution is 2.30. The van der Waals surface area contributed by atoms with Gasteiger partial charge in [0.2, 0.25) is 5.91 Å². The Balaban J connectivity index is 1.86. The Labute approximate surface area is 92.2 Å². The minimum absolute atomic E-state index is 0.219. The number of nitrogens with one attached hydrogen (secondary N) is 1. The number of piperidine rings is 1. The molecule has 0 radical (unpaired) electrons. The Hall–Kier alpha value is -0.570. The monoisotopic (exact) mass is 210 g/mol. The van der Waals surface area contributed by atoms with E-state index in [9.17, 15) is 4.79 Å². The second-order valence-corrected chi connectivity index (χ2v) is 5.72. The summed E-state index contributed by atoms with van der Waals surface area (Å²) in [6.45, 7) is 7.38. The Morgan fingerprint density at radius 3 is 2.93 bits per heavy atom. The highest BCUT2D eigenvalue weighted by Gasteiger charge is 2.32. The predicted molar refractivity (Wildman–Crippen MR) is 60.6 cm³/mol. The summed E-state index contributed by atoms with van der Waals surface area (Å²) in [5.41, 5.74) is 0.219. The summed E-state index contributed by atoms with van der Waals surface area (Å²) in [6.07, 6.45) is 4.36. The molecule has 2 aliphatic rings. The predicted octanol–water partition coefficient (Wildman–Crippen LogP) is 1.39. The molecule has 0 aromatic carbocycles. The molecule has 2 heterocycles. The van der Waals surface area contributed by atoms with Crippen molar-refractivity contribution in [3.05, 3.63) is 0 Å². The van der Waals surface area contributed by atoms with Crippen molar-refractivity contribution < 1.29 is 4.79 Å². The fraction of sp³-hybridized carbons (Fsp3) is 0.917. The first-order chi connectivity index (χ1) is 7.07. The van der Waals surface area contributed by atoms with Gasteiger partial charge in [0.1, 0.15) is 0 Å². The maximum atomic E-state index is 11.9. The summed E-state index contributed by atoms with van der Waals surface area (Å²) < 4.78 is 0. The van der Waals surface area contributed by atoms with E-state index >= 15 is 0 Å². The van der Waals surface area contributed by atoms with Gasteiger partial charge < -0.3 is 10.2 Å². The molecule has 0 aromatic rings. The first-order valence-electron chi connectivity index (χ1n) is 6.08. The zero-order chi connectivity index (χ0) is 10.9. The van der Waals surface area contributed by atoms with Crippen LogP contribution in [0.2, 0.25) is 0 Å². The van der Waals surface area contributed by atoms with Crippen LogP contribution < -0.4 is 5.32 Å². The lowest BCUT2D eigenvalue weighted by molar-refractivity contribution is -0.137. The largest absolute Gasteiger partial charge is 0.341 e. The molecule has 2 saturated heterocycles. The number of likely N-dealkylation sites (tertiary alicyclic amines) is 1. The van der Waals surface area contributed by atoms with Crippen molar-refractivity contribution in [2.45, 2.75) is 45.6 Å². The zero-order valence-corrected chi connectivity index (χ0v) is 9.88. The lowest BCUT2D eigenvalue weighted by Gasteiger charge is -2.37. The quantitative estimate of drug-likeness (QED) is 0.747. The molecule has 3 heteroatoms. The number of carbonyl (C=O) groups is 1. The molecule has 86 valence electrons. The van der Waals surface area contributed by atoms with Crippen molar-refractivity contribution >= 4 is 5.91 Å². The van der Waals surface area contributed by atoms with Crippen molar-refractivity contribution in [1.82, 2.24) is 10.2 Å². The Morgan fingerprint density at radius 1 is 1.53 bits per heavy atom. The van der Waals surface area contributed by atoms with E-state index in [1.165, 1.54) is 12.8 Å². The molecule has 0 aromatic heterocycles. The van der Waals surface area contributed by atoms with Crippen LogP contribution in [0.3, 0.4) is 0 Å². The summed E-state index contributed by atoms with van der Waals surface area (Å²) in [4.78, 5) is 13.9. The van der Waals surface area contributed by atoms with Crippen molar-refractivity contribution in [2.24, 2.45) is 5.41 Å². The molecular formula is C12H22N2O. The molecule has 15 heavy (non-hydrogen) atoms. The Morgan fingerprint density at radius 2 is 2.33 bits per heavy atom. The standard InChI is InChI=1S/C12H22N2O/c1-12(2)5-7-14(11(15)8-12)9-10-4-3-6-13-10/h10,13H,3-9H2,1-2H3. The molecule has 1 atom stereocenters. The Kier molecular flexibility index (Phi) is 3.01. The number of hydrogen-bond acceptors (Lipinski definition) is 2. The summed E-state index contributed by atoms with van der Waals surface area (Å²) in [5, 5.41) is 3.45. The molecule has 0 spiro atoms. The van der Waals surface area contributed by atoms with Crippen molar-refractivity contribution in [3.8, 4) is 0 Å². The van der Waals surface area contributed by atoms with Gasteiger partial charge in [0.15, 0.2) is 0 Å². The van der Waals surface area contributed by atoms with E-state index in [4.69, 9.17) is 0 Å². The first-order valence-corrected chi connectivity index (χ1v) is 6.08. The SMILES string of the molecule is CC1(C)CCN(CC2CCCN2)C(=O)C1. The molecule has 0 bridgehead atoms. The fourth-order valence-electron chi connectivity index (χ4n) is 2.54. The number of rotatable bonds is 2. The van der Waals surface area contributed by atoms with Gasteiger partial charge in [-0.05, 0) is 31.2 Å². The van der Waals surface area contributed by atoms with Gasteiger partial charge in [0.05, 0.1) is 0 Å². The van der Waals surface area contributed by atoms with E-state index < -0.39 is 0 Å². The van der Waals surface area contributed by atoms with Gasteiger partial charge in [-0.1, -0.05) is 13.8 Å².